The van der Waals surface area contributed by atoms with Gasteiger partial charge in [-0.1, -0.05) is 25.1 Å². The maximum absolute atomic E-state index is 13.3. The molecule has 2 aromatic carbocycles. The van der Waals surface area contributed by atoms with Crippen LogP contribution in [-0.2, 0) is 21.2 Å². The zero-order valence-corrected chi connectivity index (χ0v) is 19.9. The third-order valence-corrected chi connectivity index (χ3v) is 8.25. The molecule has 0 radical (unpaired) electrons. The molecule has 0 aliphatic carbocycles. The molecule has 2 saturated heterocycles. The van der Waals surface area contributed by atoms with Gasteiger partial charge in [-0.05, 0) is 30.2 Å². The minimum atomic E-state index is -3.74. The number of hydrogen-bond acceptors (Lipinski definition) is 7. The molecular weight excluding hydrogens is 460 g/mol. The van der Waals surface area contributed by atoms with Crippen molar-refractivity contribution in [2.45, 2.75) is 18.2 Å². The van der Waals surface area contributed by atoms with Crippen LogP contribution in [0.15, 0.2) is 47.4 Å². The molecule has 2 heterocycles. The van der Waals surface area contributed by atoms with E-state index in [4.69, 9.17) is 4.74 Å². The molecule has 2 aliphatic heterocycles. The molecular formula is C23H28N4O6S. The Hall–Kier alpha value is -3.02. The van der Waals surface area contributed by atoms with Gasteiger partial charge < -0.3 is 14.5 Å². The third-order valence-electron chi connectivity index (χ3n) is 6.27. The lowest BCUT2D eigenvalue weighted by atomic mass is 10.1. The van der Waals surface area contributed by atoms with Gasteiger partial charge in [0.15, 0.2) is 0 Å². The molecule has 0 N–H and O–H groups in total. The molecule has 2 fully saturated rings. The molecule has 4 rings (SSSR count). The summed E-state index contributed by atoms with van der Waals surface area (Å²) in [6.45, 7) is 4.82. The third kappa shape index (κ3) is 4.77. The van der Waals surface area contributed by atoms with Crippen LogP contribution in [0.5, 0.6) is 0 Å². The number of anilines is 1. The summed E-state index contributed by atoms with van der Waals surface area (Å²) in [5.74, 6) is -0.247. The average molecular weight is 489 g/mol. The Morgan fingerprint density at radius 3 is 2.35 bits per heavy atom. The van der Waals surface area contributed by atoms with E-state index in [1.165, 1.54) is 16.4 Å². The fourth-order valence-corrected chi connectivity index (χ4v) is 6.09. The van der Waals surface area contributed by atoms with Crippen molar-refractivity contribution in [3.05, 3.63) is 63.7 Å². The van der Waals surface area contributed by atoms with Crippen molar-refractivity contribution in [2.24, 2.45) is 0 Å². The lowest BCUT2D eigenvalue weighted by Gasteiger charge is -2.36. The molecule has 0 saturated carbocycles. The van der Waals surface area contributed by atoms with Crippen LogP contribution in [0.4, 0.5) is 11.4 Å². The van der Waals surface area contributed by atoms with Crippen LogP contribution < -0.4 is 4.90 Å². The number of carbonyl (C=O) groups excluding carboxylic acids is 1. The second-order valence-electron chi connectivity index (χ2n) is 8.22. The van der Waals surface area contributed by atoms with E-state index in [2.05, 4.69) is 0 Å². The molecule has 11 heteroatoms. The number of nitrogens with zero attached hydrogens (tertiary/aromatic N) is 4. The first kappa shape index (κ1) is 24.1. The van der Waals surface area contributed by atoms with Gasteiger partial charge >= 0.3 is 0 Å². The van der Waals surface area contributed by atoms with Crippen LogP contribution in [0, 0.1) is 10.1 Å². The highest BCUT2D eigenvalue weighted by Gasteiger charge is 2.31. The predicted octanol–water partition coefficient (Wildman–Crippen LogP) is 2.14. The standard InChI is InChI=1S/C23H28N4O6S/c1-2-18-7-8-19(17-22(18)34(31,32)26-13-15-33-16-14-26)23(28)25-11-9-24(10-12-25)20-5-3-4-6-21(20)27(29)30/h3-8,17H,2,9-16H2,1H3. The van der Waals surface area contributed by atoms with Crippen LogP contribution >= 0.6 is 0 Å². The summed E-state index contributed by atoms with van der Waals surface area (Å²) < 4.78 is 33.3. The van der Waals surface area contributed by atoms with Crippen molar-refractivity contribution in [1.82, 2.24) is 9.21 Å². The zero-order chi connectivity index (χ0) is 24.3. The van der Waals surface area contributed by atoms with E-state index >= 15 is 0 Å². The summed E-state index contributed by atoms with van der Waals surface area (Å²) in [6.07, 6.45) is 0.530. The van der Waals surface area contributed by atoms with Crippen molar-refractivity contribution in [2.75, 3.05) is 57.4 Å². The number of morpholine rings is 1. The highest BCUT2D eigenvalue weighted by atomic mass is 32.2. The zero-order valence-electron chi connectivity index (χ0n) is 19.1. The average Bonchev–Trinajstić information content (AvgIpc) is 2.88. The number of sulfonamides is 1. The van der Waals surface area contributed by atoms with E-state index in [1.54, 1.807) is 35.2 Å². The van der Waals surface area contributed by atoms with Gasteiger partial charge in [-0.3, -0.25) is 14.9 Å². The van der Waals surface area contributed by atoms with Gasteiger partial charge in [0.2, 0.25) is 10.0 Å². The van der Waals surface area contributed by atoms with Gasteiger partial charge in [-0.25, -0.2) is 8.42 Å². The van der Waals surface area contributed by atoms with Gasteiger partial charge in [0.25, 0.3) is 11.6 Å². The Bertz CT molecular complexity index is 1170. The van der Waals surface area contributed by atoms with E-state index in [0.717, 1.165) is 0 Å². The number of aryl methyl sites for hydroxylation is 1. The first-order chi connectivity index (χ1) is 16.3. The number of benzene rings is 2. The molecule has 2 aromatic rings. The van der Waals surface area contributed by atoms with E-state index in [0.29, 0.717) is 62.6 Å². The smallest absolute Gasteiger partial charge is 0.292 e. The van der Waals surface area contributed by atoms with Gasteiger partial charge in [-0.2, -0.15) is 4.31 Å². The van der Waals surface area contributed by atoms with Crippen molar-refractivity contribution < 1.29 is 22.9 Å². The van der Waals surface area contributed by atoms with Crippen molar-refractivity contribution in [1.29, 1.82) is 0 Å². The number of piperazine rings is 1. The maximum Gasteiger partial charge on any atom is 0.292 e. The van der Waals surface area contributed by atoms with Crippen LogP contribution in [0.2, 0.25) is 0 Å². The number of nitro groups is 1. The summed E-state index contributed by atoms with van der Waals surface area (Å²) in [5, 5.41) is 11.4. The number of ether oxygens (including phenoxy) is 1. The van der Waals surface area contributed by atoms with Crippen molar-refractivity contribution in [3.63, 3.8) is 0 Å². The second-order valence-corrected chi connectivity index (χ2v) is 10.1. The number of amides is 1. The second kappa shape index (κ2) is 10.1. The molecule has 34 heavy (non-hydrogen) atoms. The number of rotatable bonds is 6. The molecule has 182 valence electrons. The fraction of sp³-hybridized carbons (Fsp3) is 0.435. The predicted molar refractivity (Wildman–Crippen MR) is 127 cm³/mol. The molecule has 10 nitrogen and oxygen atoms in total. The van der Waals surface area contributed by atoms with E-state index < -0.39 is 14.9 Å². The van der Waals surface area contributed by atoms with E-state index in [1.807, 2.05) is 11.8 Å². The molecule has 0 spiro atoms. The molecule has 2 aliphatic rings. The number of carbonyl (C=O) groups is 1. The van der Waals surface area contributed by atoms with Gasteiger partial charge in [-0.15, -0.1) is 0 Å². The van der Waals surface area contributed by atoms with Crippen LogP contribution in [0.3, 0.4) is 0 Å². The lowest BCUT2D eigenvalue weighted by Crippen LogP contribution is -2.49. The molecule has 0 unspecified atom stereocenters. The molecule has 1 amide bonds. The quantitative estimate of drug-likeness (QED) is 0.452. The molecule has 0 atom stereocenters. The Morgan fingerprint density at radius 2 is 1.71 bits per heavy atom. The minimum absolute atomic E-state index is 0.0374. The summed E-state index contributed by atoms with van der Waals surface area (Å²) in [5.41, 5.74) is 1.56. The number of hydrogen-bond donors (Lipinski definition) is 0. The van der Waals surface area contributed by atoms with Crippen LogP contribution in [0.1, 0.15) is 22.8 Å². The van der Waals surface area contributed by atoms with E-state index in [-0.39, 0.29) is 29.6 Å². The lowest BCUT2D eigenvalue weighted by molar-refractivity contribution is -0.384. The summed E-state index contributed by atoms with van der Waals surface area (Å²) in [4.78, 5) is 27.9. The largest absolute Gasteiger partial charge is 0.379 e. The Morgan fingerprint density at radius 1 is 1.03 bits per heavy atom. The summed E-state index contributed by atoms with van der Waals surface area (Å²) in [7, 11) is -3.74. The SMILES string of the molecule is CCc1ccc(C(=O)N2CCN(c3ccccc3[N+](=O)[O-])CC2)cc1S(=O)(=O)N1CCOCC1. The van der Waals surface area contributed by atoms with Gasteiger partial charge in [0, 0.05) is 50.9 Å². The van der Waals surface area contributed by atoms with Gasteiger partial charge in [0.1, 0.15) is 5.69 Å². The Kier molecular flexibility index (Phi) is 7.15. The van der Waals surface area contributed by atoms with Crippen LogP contribution in [0.25, 0.3) is 0 Å². The molecule has 0 aromatic heterocycles. The fourth-order valence-electron chi connectivity index (χ4n) is 4.36. The monoisotopic (exact) mass is 488 g/mol. The topological polar surface area (TPSA) is 113 Å². The first-order valence-corrected chi connectivity index (χ1v) is 12.8. The van der Waals surface area contributed by atoms with Gasteiger partial charge in [0.05, 0.1) is 23.0 Å². The number of nitro benzene ring substituents is 1. The van der Waals surface area contributed by atoms with E-state index in [9.17, 15) is 23.3 Å². The summed E-state index contributed by atoms with van der Waals surface area (Å²) in [6, 6.07) is 11.4. The minimum Gasteiger partial charge on any atom is -0.379 e. The van der Waals surface area contributed by atoms with Crippen molar-refractivity contribution >= 4 is 27.3 Å². The maximum atomic E-state index is 13.3. The Balaban J connectivity index is 1.52. The number of para-hydroxylation sites is 2. The Labute approximate surface area is 198 Å². The highest BCUT2D eigenvalue weighted by molar-refractivity contribution is 7.89. The summed E-state index contributed by atoms with van der Waals surface area (Å²) >= 11 is 0. The highest BCUT2D eigenvalue weighted by Crippen LogP contribution is 2.29. The first-order valence-electron chi connectivity index (χ1n) is 11.3. The van der Waals surface area contributed by atoms with Crippen molar-refractivity contribution in [3.8, 4) is 0 Å². The van der Waals surface area contributed by atoms with Crippen LogP contribution in [-0.4, -0.2) is 80.9 Å². The molecule has 0 bridgehead atoms. The normalized spacial score (nSPS) is 17.6.